The van der Waals surface area contributed by atoms with Crippen LogP contribution in [0.5, 0.6) is 0 Å². The van der Waals surface area contributed by atoms with E-state index >= 15 is 0 Å². The second-order valence-electron chi connectivity index (χ2n) is 6.45. The number of benzene rings is 2. The second-order valence-corrected chi connectivity index (χ2v) is 6.45. The van der Waals surface area contributed by atoms with Crippen molar-refractivity contribution in [2.45, 2.75) is 25.9 Å². The van der Waals surface area contributed by atoms with E-state index in [1.807, 2.05) is 37.3 Å². The highest BCUT2D eigenvalue weighted by Gasteiger charge is 2.37. The van der Waals surface area contributed by atoms with Crippen LogP contribution in [0.25, 0.3) is 0 Å². The fourth-order valence-corrected chi connectivity index (χ4v) is 3.00. The van der Waals surface area contributed by atoms with E-state index in [1.165, 1.54) is 29.3 Å². The SMILES string of the molecule is CCCC1=NN(c2ccc(F)cc2)C(=O)[C@@H]1C=[NH+]C[C@@H](O)c1ccccc1. The largest absolute Gasteiger partial charge is 0.382 e. The lowest BCUT2D eigenvalue weighted by Gasteiger charge is -2.12. The number of nitrogens with zero attached hydrogens (tertiary/aromatic N) is 2. The fraction of sp³-hybridized carbons (Fsp3) is 0.286. The Kier molecular flexibility index (Phi) is 6.08. The minimum absolute atomic E-state index is 0.188. The van der Waals surface area contributed by atoms with Gasteiger partial charge in [0, 0.05) is 0 Å². The summed E-state index contributed by atoms with van der Waals surface area (Å²) in [4.78, 5) is 15.9. The molecular weight excluding hydrogens is 345 g/mol. The number of hydrogen-bond donors (Lipinski definition) is 2. The number of aliphatic hydroxyl groups excluding tert-OH is 1. The summed E-state index contributed by atoms with van der Waals surface area (Å²) in [5.41, 5.74) is 2.11. The van der Waals surface area contributed by atoms with Crippen LogP contribution in [0.2, 0.25) is 0 Å². The maximum atomic E-state index is 13.1. The molecule has 0 fully saturated rings. The van der Waals surface area contributed by atoms with Crippen molar-refractivity contribution >= 4 is 23.5 Å². The Labute approximate surface area is 157 Å². The van der Waals surface area contributed by atoms with Gasteiger partial charge in [-0.1, -0.05) is 43.7 Å². The normalized spacial score (nSPS) is 18.2. The number of aliphatic hydroxyl groups is 1. The maximum absolute atomic E-state index is 13.1. The highest BCUT2D eigenvalue weighted by atomic mass is 19.1. The molecule has 0 bridgehead atoms. The van der Waals surface area contributed by atoms with Gasteiger partial charge in [-0.25, -0.2) is 9.38 Å². The summed E-state index contributed by atoms with van der Waals surface area (Å²) in [6.45, 7) is 2.32. The van der Waals surface area contributed by atoms with E-state index in [0.29, 0.717) is 18.7 Å². The van der Waals surface area contributed by atoms with Crippen molar-refractivity contribution in [3.63, 3.8) is 0 Å². The summed E-state index contributed by atoms with van der Waals surface area (Å²) >= 11 is 0. The lowest BCUT2D eigenvalue weighted by atomic mass is 10.0. The molecule has 0 aromatic heterocycles. The molecule has 1 aliphatic heterocycles. The van der Waals surface area contributed by atoms with Crippen LogP contribution >= 0.6 is 0 Å². The standard InChI is InChI=1S/C21H22FN3O2/c1-2-6-19-18(13-23-14-20(26)15-7-4-3-5-8-15)21(27)25(24-19)17-11-9-16(22)10-12-17/h3-5,7-13,18,20,26H,2,6,14H2,1H3/p+1/t18-,20-/m1/s1. The zero-order valence-corrected chi connectivity index (χ0v) is 15.2. The average Bonchev–Trinajstić information content (AvgIpc) is 2.99. The lowest BCUT2D eigenvalue weighted by molar-refractivity contribution is -0.466. The molecule has 0 saturated carbocycles. The molecule has 2 atom stereocenters. The Morgan fingerprint density at radius 3 is 2.59 bits per heavy atom. The Hall–Kier alpha value is -2.86. The van der Waals surface area contributed by atoms with Crippen LogP contribution in [-0.4, -0.2) is 29.5 Å². The minimum atomic E-state index is -0.668. The van der Waals surface area contributed by atoms with Crippen molar-refractivity contribution in [2.75, 3.05) is 11.6 Å². The van der Waals surface area contributed by atoms with E-state index in [4.69, 9.17) is 0 Å². The summed E-state index contributed by atoms with van der Waals surface area (Å²) < 4.78 is 13.1. The number of carbonyl (C=O) groups excluding carboxylic acids is 1. The molecule has 2 aromatic carbocycles. The molecule has 1 amide bonds. The molecule has 0 radical (unpaired) electrons. The molecule has 6 heteroatoms. The van der Waals surface area contributed by atoms with Crippen LogP contribution < -0.4 is 10.0 Å². The minimum Gasteiger partial charge on any atom is -0.382 e. The number of anilines is 1. The van der Waals surface area contributed by atoms with Crippen molar-refractivity contribution in [3.05, 3.63) is 66.0 Å². The van der Waals surface area contributed by atoms with Gasteiger partial charge < -0.3 is 5.11 Å². The van der Waals surface area contributed by atoms with Crippen molar-refractivity contribution < 1.29 is 19.3 Å². The van der Waals surface area contributed by atoms with Gasteiger partial charge in [0.1, 0.15) is 11.9 Å². The molecule has 0 aliphatic carbocycles. The molecule has 2 N–H and O–H groups in total. The molecule has 1 heterocycles. The molecule has 5 nitrogen and oxygen atoms in total. The molecule has 1 aliphatic rings. The molecular formula is C21H23FN3O2+. The summed E-state index contributed by atoms with van der Waals surface area (Å²) in [6.07, 6.45) is 2.57. The van der Waals surface area contributed by atoms with Gasteiger partial charge in [-0.15, -0.1) is 0 Å². The second kappa shape index (κ2) is 8.68. The van der Waals surface area contributed by atoms with Gasteiger partial charge in [-0.05, 0) is 36.2 Å². The van der Waals surface area contributed by atoms with Crippen LogP contribution in [-0.2, 0) is 4.79 Å². The van der Waals surface area contributed by atoms with Gasteiger partial charge in [0.05, 0.1) is 11.4 Å². The van der Waals surface area contributed by atoms with Gasteiger partial charge >= 0.3 is 0 Å². The van der Waals surface area contributed by atoms with Gasteiger partial charge in [0.15, 0.2) is 18.7 Å². The predicted octanol–water partition coefficient (Wildman–Crippen LogP) is 1.83. The van der Waals surface area contributed by atoms with E-state index in [1.54, 1.807) is 6.21 Å². The van der Waals surface area contributed by atoms with E-state index in [9.17, 15) is 14.3 Å². The third-order valence-corrected chi connectivity index (χ3v) is 4.42. The van der Waals surface area contributed by atoms with Crippen molar-refractivity contribution in [1.29, 1.82) is 0 Å². The van der Waals surface area contributed by atoms with Crippen LogP contribution in [0, 0.1) is 11.7 Å². The first kappa shape index (κ1) is 18.9. The van der Waals surface area contributed by atoms with Crippen LogP contribution in [0.1, 0.15) is 31.4 Å². The van der Waals surface area contributed by atoms with Crippen molar-refractivity contribution in [2.24, 2.45) is 11.0 Å². The number of halogens is 1. The summed E-state index contributed by atoms with van der Waals surface area (Å²) in [7, 11) is 0. The van der Waals surface area contributed by atoms with Crippen molar-refractivity contribution in [3.8, 4) is 0 Å². The first-order valence-corrected chi connectivity index (χ1v) is 9.06. The van der Waals surface area contributed by atoms with E-state index in [-0.39, 0.29) is 11.7 Å². The lowest BCUT2D eigenvalue weighted by Crippen LogP contribution is -2.72. The van der Waals surface area contributed by atoms with E-state index in [2.05, 4.69) is 10.1 Å². The first-order chi connectivity index (χ1) is 13.1. The molecule has 27 heavy (non-hydrogen) atoms. The quantitative estimate of drug-likeness (QED) is 0.733. The number of hydrogen-bond acceptors (Lipinski definition) is 3. The number of nitrogens with one attached hydrogen (secondary N) is 1. The Bertz CT molecular complexity index is 834. The summed E-state index contributed by atoms with van der Waals surface area (Å²) in [5.74, 6) is -1.05. The molecule has 0 saturated heterocycles. The maximum Gasteiger partial charge on any atom is 0.266 e. The van der Waals surface area contributed by atoms with Gasteiger partial charge in [0.25, 0.3) is 5.91 Å². The Morgan fingerprint density at radius 2 is 1.93 bits per heavy atom. The zero-order valence-electron chi connectivity index (χ0n) is 15.2. The van der Waals surface area contributed by atoms with Crippen molar-refractivity contribution in [1.82, 2.24) is 0 Å². The number of rotatable bonds is 7. The van der Waals surface area contributed by atoms with Crippen LogP contribution in [0.4, 0.5) is 10.1 Å². The first-order valence-electron chi connectivity index (χ1n) is 9.06. The van der Waals surface area contributed by atoms with Gasteiger partial charge in [-0.2, -0.15) is 10.1 Å². The molecule has 2 aromatic rings. The Balaban J connectivity index is 1.72. The zero-order chi connectivity index (χ0) is 19.2. The summed E-state index contributed by atoms with van der Waals surface area (Å²) in [5, 5.41) is 16.0. The fourth-order valence-electron chi connectivity index (χ4n) is 3.00. The monoisotopic (exact) mass is 368 g/mol. The van der Waals surface area contributed by atoms with Crippen LogP contribution in [0.15, 0.2) is 59.7 Å². The van der Waals surface area contributed by atoms with Crippen LogP contribution in [0.3, 0.4) is 0 Å². The predicted molar refractivity (Wildman–Crippen MR) is 103 cm³/mol. The molecule has 0 unspecified atom stereocenters. The molecule has 140 valence electrons. The highest BCUT2D eigenvalue weighted by Crippen LogP contribution is 2.24. The number of amides is 1. The molecule has 0 spiro atoms. The smallest absolute Gasteiger partial charge is 0.266 e. The van der Waals surface area contributed by atoms with E-state index < -0.39 is 12.0 Å². The average molecular weight is 368 g/mol. The van der Waals surface area contributed by atoms with Gasteiger partial charge in [-0.3, -0.25) is 4.79 Å². The number of hydrazone groups is 1. The Morgan fingerprint density at radius 1 is 1.22 bits per heavy atom. The van der Waals surface area contributed by atoms with E-state index in [0.717, 1.165) is 17.7 Å². The van der Waals surface area contributed by atoms with Gasteiger partial charge in [0.2, 0.25) is 0 Å². The number of carbonyl (C=O) groups is 1. The topological polar surface area (TPSA) is 66.9 Å². The molecule has 3 rings (SSSR count). The highest BCUT2D eigenvalue weighted by molar-refractivity contribution is 6.23. The third-order valence-electron chi connectivity index (χ3n) is 4.42. The third kappa shape index (κ3) is 4.46. The summed E-state index contributed by atoms with van der Waals surface area (Å²) in [6, 6.07) is 15.0.